The maximum Gasteiger partial charge on any atom is 0.137 e. The van der Waals surface area contributed by atoms with E-state index in [0.717, 1.165) is 24.2 Å². The molecule has 2 nitrogen and oxygen atoms in total. The fourth-order valence-corrected chi connectivity index (χ4v) is 2.70. The number of fused-ring (bicyclic) bond motifs is 1. The number of aryl methyl sites for hydroxylation is 1. The number of hydrogen-bond acceptors (Lipinski definition) is 2. The zero-order valence-electron chi connectivity index (χ0n) is 9.57. The Balaban J connectivity index is 2.02. The van der Waals surface area contributed by atoms with E-state index in [1.807, 2.05) is 0 Å². The lowest BCUT2D eigenvalue weighted by atomic mass is 10.0. The molecule has 2 atom stereocenters. The Morgan fingerprint density at radius 2 is 2.19 bits per heavy atom. The Hall–Kier alpha value is -1.28. The van der Waals surface area contributed by atoms with Crippen molar-refractivity contribution in [3.63, 3.8) is 0 Å². The number of benzene rings is 1. The lowest BCUT2D eigenvalue weighted by Crippen LogP contribution is -2.14. The van der Waals surface area contributed by atoms with Crippen molar-refractivity contribution in [1.82, 2.24) is 0 Å². The van der Waals surface area contributed by atoms with Crippen LogP contribution in [-0.4, -0.2) is 6.04 Å². The van der Waals surface area contributed by atoms with Gasteiger partial charge >= 0.3 is 0 Å². The van der Waals surface area contributed by atoms with E-state index in [1.54, 1.807) is 0 Å². The van der Waals surface area contributed by atoms with Gasteiger partial charge in [0.15, 0.2) is 0 Å². The second-order valence-electron chi connectivity index (χ2n) is 4.91. The molecule has 0 saturated heterocycles. The molecule has 2 aromatic rings. The van der Waals surface area contributed by atoms with E-state index in [2.05, 4.69) is 31.2 Å². The average molecular weight is 215 g/mol. The zero-order valence-corrected chi connectivity index (χ0v) is 9.57. The molecule has 1 aromatic carbocycles. The van der Waals surface area contributed by atoms with E-state index in [1.165, 1.54) is 17.4 Å². The van der Waals surface area contributed by atoms with Crippen molar-refractivity contribution in [3.8, 4) is 0 Å². The predicted molar refractivity (Wildman–Crippen MR) is 65.5 cm³/mol. The van der Waals surface area contributed by atoms with Crippen LogP contribution >= 0.6 is 0 Å². The molecule has 1 aromatic heterocycles. The summed E-state index contributed by atoms with van der Waals surface area (Å²) >= 11 is 0. The van der Waals surface area contributed by atoms with Gasteiger partial charge in [0.2, 0.25) is 0 Å². The van der Waals surface area contributed by atoms with Gasteiger partial charge in [0.1, 0.15) is 11.3 Å². The molecule has 1 saturated carbocycles. The second kappa shape index (κ2) is 3.63. The maximum atomic E-state index is 5.98. The number of furan rings is 1. The van der Waals surface area contributed by atoms with Gasteiger partial charge < -0.3 is 10.2 Å². The first-order chi connectivity index (χ1) is 7.74. The van der Waals surface area contributed by atoms with Gasteiger partial charge in [0, 0.05) is 17.3 Å². The molecule has 3 rings (SSSR count). The van der Waals surface area contributed by atoms with Gasteiger partial charge in [-0.1, -0.05) is 18.2 Å². The van der Waals surface area contributed by atoms with Crippen LogP contribution in [0, 0.1) is 6.92 Å². The SMILES string of the molecule is Cc1cccc2cc(C3CCC(N)C3)oc12. The van der Waals surface area contributed by atoms with Crippen LogP contribution in [0.3, 0.4) is 0 Å². The Morgan fingerprint density at radius 1 is 1.31 bits per heavy atom. The molecule has 1 fully saturated rings. The largest absolute Gasteiger partial charge is 0.461 e. The summed E-state index contributed by atoms with van der Waals surface area (Å²) in [5.41, 5.74) is 8.20. The predicted octanol–water partition coefficient (Wildman–Crippen LogP) is 3.34. The normalized spacial score (nSPS) is 25.4. The Morgan fingerprint density at radius 3 is 2.88 bits per heavy atom. The number of rotatable bonds is 1. The molecular weight excluding hydrogens is 198 g/mol. The minimum atomic E-state index is 0.360. The van der Waals surface area contributed by atoms with Crippen LogP contribution in [0.5, 0.6) is 0 Å². The van der Waals surface area contributed by atoms with Gasteiger partial charge in [0.25, 0.3) is 0 Å². The lowest BCUT2D eigenvalue weighted by molar-refractivity contribution is 0.489. The fourth-order valence-electron chi connectivity index (χ4n) is 2.70. The summed E-state index contributed by atoms with van der Waals surface area (Å²) in [5.74, 6) is 1.65. The highest BCUT2D eigenvalue weighted by Crippen LogP contribution is 2.36. The van der Waals surface area contributed by atoms with E-state index in [-0.39, 0.29) is 0 Å². The standard InChI is InChI=1S/C14H17NO/c1-9-3-2-4-11-8-13(16-14(9)11)10-5-6-12(15)7-10/h2-4,8,10,12H,5-7,15H2,1H3. The van der Waals surface area contributed by atoms with Crippen molar-refractivity contribution in [1.29, 1.82) is 0 Å². The molecule has 0 bridgehead atoms. The first kappa shape index (κ1) is 9.91. The molecule has 2 heteroatoms. The van der Waals surface area contributed by atoms with Crippen molar-refractivity contribution in [3.05, 3.63) is 35.6 Å². The van der Waals surface area contributed by atoms with Crippen LogP contribution in [0.25, 0.3) is 11.0 Å². The third-order valence-electron chi connectivity index (χ3n) is 3.64. The molecule has 0 spiro atoms. The van der Waals surface area contributed by atoms with Gasteiger partial charge in [-0.05, 0) is 37.8 Å². The first-order valence-corrected chi connectivity index (χ1v) is 5.98. The molecule has 16 heavy (non-hydrogen) atoms. The average Bonchev–Trinajstić information content (AvgIpc) is 2.84. The number of para-hydroxylation sites is 1. The summed E-state index contributed by atoms with van der Waals surface area (Å²) in [4.78, 5) is 0. The van der Waals surface area contributed by atoms with Crippen LogP contribution in [0.1, 0.15) is 36.5 Å². The van der Waals surface area contributed by atoms with Crippen LogP contribution < -0.4 is 5.73 Å². The molecule has 2 N–H and O–H groups in total. The fraction of sp³-hybridized carbons (Fsp3) is 0.429. The lowest BCUT2D eigenvalue weighted by Gasteiger charge is -2.04. The highest BCUT2D eigenvalue weighted by Gasteiger charge is 2.26. The van der Waals surface area contributed by atoms with Crippen molar-refractivity contribution >= 4 is 11.0 Å². The van der Waals surface area contributed by atoms with Gasteiger partial charge in [-0.15, -0.1) is 0 Å². The third-order valence-corrected chi connectivity index (χ3v) is 3.64. The van der Waals surface area contributed by atoms with Crippen molar-refractivity contribution in [2.24, 2.45) is 5.73 Å². The second-order valence-corrected chi connectivity index (χ2v) is 4.91. The first-order valence-electron chi connectivity index (χ1n) is 5.98. The molecular formula is C14H17NO. The Kier molecular flexibility index (Phi) is 2.25. The van der Waals surface area contributed by atoms with Gasteiger partial charge in [-0.3, -0.25) is 0 Å². The van der Waals surface area contributed by atoms with Crippen LogP contribution in [0.4, 0.5) is 0 Å². The molecule has 84 valence electrons. The smallest absolute Gasteiger partial charge is 0.137 e. The van der Waals surface area contributed by atoms with E-state index < -0.39 is 0 Å². The molecule has 0 amide bonds. The van der Waals surface area contributed by atoms with Crippen molar-refractivity contribution in [2.75, 3.05) is 0 Å². The monoisotopic (exact) mass is 215 g/mol. The van der Waals surface area contributed by atoms with Crippen molar-refractivity contribution in [2.45, 2.75) is 38.1 Å². The van der Waals surface area contributed by atoms with Crippen LogP contribution in [-0.2, 0) is 0 Å². The molecule has 1 heterocycles. The summed E-state index contributed by atoms with van der Waals surface area (Å²) in [6.07, 6.45) is 3.36. The third kappa shape index (κ3) is 1.54. The quantitative estimate of drug-likeness (QED) is 0.792. The van der Waals surface area contributed by atoms with Crippen LogP contribution in [0.15, 0.2) is 28.7 Å². The topological polar surface area (TPSA) is 39.2 Å². The highest BCUT2D eigenvalue weighted by atomic mass is 16.3. The van der Waals surface area contributed by atoms with Crippen LogP contribution in [0.2, 0.25) is 0 Å². The molecule has 0 aliphatic heterocycles. The minimum absolute atomic E-state index is 0.360. The van der Waals surface area contributed by atoms with Gasteiger partial charge in [-0.25, -0.2) is 0 Å². The van der Waals surface area contributed by atoms with Crippen molar-refractivity contribution < 1.29 is 4.42 Å². The Labute approximate surface area is 95.4 Å². The summed E-state index contributed by atoms with van der Waals surface area (Å²) in [6, 6.07) is 8.84. The molecule has 0 radical (unpaired) electrons. The Bertz CT molecular complexity index is 514. The van der Waals surface area contributed by atoms with E-state index in [0.29, 0.717) is 12.0 Å². The summed E-state index contributed by atoms with van der Waals surface area (Å²) in [5, 5.41) is 1.22. The summed E-state index contributed by atoms with van der Waals surface area (Å²) in [7, 11) is 0. The van der Waals surface area contributed by atoms with E-state index >= 15 is 0 Å². The number of nitrogens with two attached hydrogens (primary N) is 1. The minimum Gasteiger partial charge on any atom is -0.461 e. The molecule has 1 aliphatic rings. The van der Waals surface area contributed by atoms with E-state index in [4.69, 9.17) is 10.2 Å². The van der Waals surface area contributed by atoms with Gasteiger partial charge in [-0.2, -0.15) is 0 Å². The summed E-state index contributed by atoms with van der Waals surface area (Å²) in [6.45, 7) is 2.09. The molecule has 2 unspecified atom stereocenters. The van der Waals surface area contributed by atoms with Gasteiger partial charge in [0.05, 0.1) is 0 Å². The highest BCUT2D eigenvalue weighted by molar-refractivity contribution is 5.81. The van der Waals surface area contributed by atoms with E-state index in [9.17, 15) is 0 Å². The maximum absolute atomic E-state index is 5.98. The molecule has 1 aliphatic carbocycles. The summed E-state index contributed by atoms with van der Waals surface area (Å²) < 4.78 is 5.98. The zero-order chi connectivity index (χ0) is 11.1. The number of hydrogen-bond donors (Lipinski definition) is 1.